The molecule has 1 N–H and O–H groups in total. The minimum absolute atomic E-state index is 0.0437. The highest BCUT2D eigenvalue weighted by Gasteiger charge is 2.33. The number of nitrogens with one attached hydrogen (secondary N) is 1. The summed E-state index contributed by atoms with van der Waals surface area (Å²) < 4.78 is 43.0. The molecule has 21 heavy (non-hydrogen) atoms. The van der Waals surface area contributed by atoms with Crippen LogP contribution in [0.4, 0.5) is 19.0 Å². The SMILES string of the molecule is COCCC(C)(C)CNc1nc(C(F)(F)F)ccc1C#N. The van der Waals surface area contributed by atoms with Crippen molar-refractivity contribution in [1.82, 2.24) is 4.98 Å². The molecule has 0 amide bonds. The zero-order valence-electron chi connectivity index (χ0n) is 12.2. The summed E-state index contributed by atoms with van der Waals surface area (Å²) in [6.07, 6.45) is -3.80. The zero-order valence-corrected chi connectivity index (χ0v) is 12.2. The Labute approximate surface area is 121 Å². The van der Waals surface area contributed by atoms with Gasteiger partial charge in [-0.2, -0.15) is 18.4 Å². The molecule has 0 atom stereocenters. The summed E-state index contributed by atoms with van der Waals surface area (Å²) in [4.78, 5) is 3.51. The Morgan fingerprint density at radius 1 is 1.33 bits per heavy atom. The quantitative estimate of drug-likeness (QED) is 0.874. The van der Waals surface area contributed by atoms with Crippen molar-refractivity contribution in [1.29, 1.82) is 5.26 Å². The van der Waals surface area contributed by atoms with Crippen LogP contribution >= 0.6 is 0 Å². The first-order valence-electron chi connectivity index (χ1n) is 6.41. The van der Waals surface area contributed by atoms with Gasteiger partial charge in [0.1, 0.15) is 17.6 Å². The number of methoxy groups -OCH3 is 1. The average Bonchev–Trinajstić information content (AvgIpc) is 2.41. The van der Waals surface area contributed by atoms with Gasteiger partial charge in [0.05, 0.1) is 5.56 Å². The van der Waals surface area contributed by atoms with Crippen molar-refractivity contribution in [2.45, 2.75) is 26.4 Å². The maximum atomic E-state index is 12.7. The standard InChI is InChI=1S/C14H18F3N3O/c1-13(2,6-7-21-3)9-19-12-10(8-18)4-5-11(20-12)14(15,16)17/h4-5H,6-7,9H2,1-3H3,(H,19,20). The molecule has 0 fully saturated rings. The minimum Gasteiger partial charge on any atom is -0.385 e. The highest BCUT2D eigenvalue weighted by Crippen LogP contribution is 2.30. The van der Waals surface area contributed by atoms with Gasteiger partial charge in [0.2, 0.25) is 0 Å². The fraction of sp³-hybridized carbons (Fsp3) is 0.571. The number of anilines is 1. The van der Waals surface area contributed by atoms with Crippen molar-refractivity contribution in [3.05, 3.63) is 23.4 Å². The van der Waals surface area contributed by atoms with Gasteiger partial charge in [0.15, 0.2) is 0 Å². The normalized spacial score (nSPS) is 12.0. The molecule has 116 valence electrons. The number of halogens is 3. The summed E-state index contributed by atoms with van der Waals surface area (Å²) in [7, 11) is 1.59. The number of hydrogen-bond acceptors (Lipinski definition) is 4. The van der Waals surface area contributed by atoms with Crippen LogP contribution in [0.25, 0.3) is 0 Å². The third-order valence-electron chi connectivity index (χ3n) is 3.02. The Morgan fingerprint density at radius 3 is 2.52 bits per heavy atom. The second-order valence-corrected chi connectivity index (χ2v) is 5.46. The van der Waals surface area contributed by atoms with E-state index in [-0.39, 0.29) is 16.8 Å². The number of aromatic nitrogens is 1. The lowest BCUT2D eigenvalue weighted by Gasteiger charge is -2.25. The topological polar surface area (TPSA) is 57.9 Å². The van der Waals surface area contributed by atoms with Crippen molar-refractivity contribution >= 4 is 5.82 Å². The average molecular weight is 301 g/mol. The highest BCUT2D eigenvalue weighted by atomic mass is 19.4. The van der Waals surface area contributed by atoms with Crippen molar-refractivity contribution in [2.75, 3.05) is 25.6 Å². The van der Waals surface area contributed by atoms with Crippen LogP contribution in [-0.4, -0.2) is 25.2 Å². The van der Waals surface area contributed by atoms with E-state index in [1.54, 1.807) is 7.11 Å². The molecule has 1 rings (SSSR count). The van der Waals surface area contributed by atoms with Gasteiger partial charge in [-0.15, -0.1) is 0 Å². The Bertz CT molecular complexity index is 521. The van der Waals surface area contributed by atoms with Gasteiger partial charge in [-0.1, -0.05) is 13.8 Å². The van der Waals surface area contributed by atoms with E-state index in [0.29, 0.717) is 13.2 Å². The van der Waals surface area contributed by atoms with Gasteiger partial charge in [0, 0.05) is 20.3 Å². The van der Waals surface area contributed by atoms with Crippen LogP contribution in [0.5, 0.6) is 0 Å². The van der Waals surface area contributed by atoms with Crippen molar-refractivity contribution in [2.24, 2.45) is 5.41 Å². The first-order valence-corrected chi connectivity index (χ1v) is 6.41. The summed E-state index contributed by atoms with van der Waals surface area (Å²) in [5.74, 6) is -0.0437. The Kier molecular flexibility index (Phi) is 5.55. The Hall–Kier alpha value is -1.81. The molecule has 0 saturated carbocycles. The summed E-state index contributed by atoms with van der Waals surface area (Å²) >= 11 is 0. The van der Waals surface area contributed by atoms with E-state index in [1.165, 1.54) is 0 Å². The van der Waals surface area contributed by atoms with Crippen LogP contribution in [0, 0.1) is 16.7 Å². The molecule has 0 aliphatic rings. The fourth-order valence-electron chi connectivity index (χ4n) is 1.63. The maximum absolute atomic E-state index is 12.7. The minimum atomic E-state index is -4.53. The van der Waals surface area contributed by atoms with Crippen molar-refractivity contribution < 1.29 is 17.9 Å². The van der Waals surface area contributed by atoms with Gasteiger partial charge in [-0.3, -0.25) is 0 Å². The third-order valence-corrected chi connectivity index (χ3v) is 3.02. The van der Waals surface area contributed by atoms with E-state index in [1.807, 2.05) is 19.9 Å². The molecule has 1 aromatic heterocycles. The second-order valence-electron chi connectivity index (χ2n) is 5.46. The molecular weight excluding hydrogens is 283 g/mol. The predicted octanol–water partition coefficient (Wildman–Crippen LogP) is 3.45. The molecule has 0 radical (unpaired) electrons. The second kappa shape index (κ2) is 6.76. The van der Waals surface area contributed by atoms with Crippen molar-refractivity contribution in [3.8, 4) is 6.07 Å². The van der Waals surface area contributed by atoms with Crippen LogP contribution in [0.2, 0.25) is 0 Å². The van der Waals surface area contributed by atoms with Crippen LogP contribution < -0.4 is 5.32 Å². The summed E-state index contributed by atoms with van der Waals surface area (Å²) in [6.45, 7) is 4.85. The van der Waals surface area contributed by atoms with E-state index in [2.05, 4.69) is 10.3 Å². The fourth-order valence-corrected chi connectivity index (χ4v) is 1.63. The van der Waals surface area contributed by atoms with E-state index >= 15 is 0 Å². The molecule has 0 aliphatic carbocycles. The largest absolute Gasteiger partial charge is 0.433 e. The van der Waals surface area contributed by atoms with Crippen LogP contribution in [0.3, 0.4) is 0 Å². The number of hydrogen-bond donors (Lipinski definition) is 1. The van der Waals surface area contributed by atoms with Gasteiger partial charge in [-0.05, 0) is 24.0 Å². The van der Waals surface area contributed by atoms with Crippen LogP contribution in [0.15, 0.2) is 12.1 Å². The molecule has 7 heteroatoms. The predicted molar refractivity (Wildman–Crippen MR) is 72.7 cm³/mol. The molecule has 0 spiro atoms. The Morgan fingerprint density at radius 2 is 2.00 bits per heavy atom. The third kappa shape index (κ3) is 5.23. The van der Waals surface area contributed by atoms with Gasteiger partial charge in [-0.25, -0.2) is 4.98 Å². The summed E-state index contributed by atoms with van der Waals surface area (Å²) in [5, 5.41) is 11.8. The number of alkyl halides is 3. The van der Waals surface area contributed by atoms with E-state index in [4.69, 9.17) is 10.00 Å². The van der Waals surface area contributed by atoms with E-state index < -0.39 is 11.9 Å². The summed E-state index contributed by atoms with van der Waals surface area (Å²) in [5.41, 5.74) is -1.12. The molecule has 0 saturated heterocycles. The molecule has 1 heterocycles. The van der Waals surface area contributed by atoms with Crippen molar-refractivity contribution in [3.63, 3.8) is 0 Å². The molecule has 4 nitrogen and oxygen atoms in total. The number of ether oxygens (including phenoxy) is 1. The summed E-state index contributed by atoms with van der Waals surface area (Å²) in [6, 6.07) is 3.77. The zero-order chi connectivity index (χ0) is 16.1. The van der Waals surface area contributed by atoms with Crippen LogP contribution in [-0.2, 0) is 10.9 Å². The lowest BCUT2D eigenvalue weighted by Crippen LogP contribution is -2.25. The highest BCUT2D eigenvalue weighted by molar-refractivity contribution is 5.52. The monoisotopic (exact) mass is 301 g/mol. The molecule has 0 unspecified atom stereocenters. The van der Waals surface area contributed by atoms with Gasteiger partial charge < -0.3 is 10.1 Å². The molecule has 0 aliphatic heterocycles. The van der Waals surface area contributed by atoms with Gasteiger partial charge >= 0.3 is 6.18 Å². The van der Waals surface area contributed by atoms with E-state index in [0.717, 1.165) is 18.6 Å². The van der Waals surface area contributed by atoms with Gasteiger partial charge in [0.25, 0.3) is 0 Å². The first-order chi connectivity index (χ1) is 9.69. The van der Waals surface area contributed by atoms with Crippen LogP contribution in [0.1, 0.15) is 31.5 Å². The first kappa shape index (κ1) is 17.2. The lowest BCUT2D eigenvalue weighted by atomic mass is 9.89. The smallest absolute Gasteiger partial charge is 0.385 e. The van der Waals surface area contributed by atoms with E-state index in [9.17, 15) is 13.2 Å². The maximum Gasteiger partial charge on any atom is 0.433 e. The molecule has 0 aromatic carbocycles. The molecule has 1 aromatic rings. The Balaban J connectivity index is 2.89. The number of rotatable bonds is 6. The lowest BCUT2D eigenvalue weighted by molar-refractivity contribution is -0.141. The number of nitriles is 1. The molecular formula is C14H18F3N3O. The molecule has 0 bridgehead atoms. The number of nitrogens with zero attached hydrogens (tertiary/aromatic N) is 2. The number of pyridine rings is 1.